The molecule has 76 valence electrons. The number of hydrogen-bond donors (Lipinski definition) is 2. The molecule has 4 heteroatoms. The Kier molecular flexibility index (Phi) is 4.10. The van der Waals surface area contributed by atoms with E-state index in [4.69, 9.17) is 5.11 Å². The second-order valence-electron chi connectivity index (χ2n) is 3.02. The van der Waals surface area contributed by atoms with Gasteiger partial charge in [0.2, 0.25) is 0 Å². The smallest absolute Gasteiger partial charge is 0.317 e. The van der Waals surface area contributed by atoms with Gasteiger partial charge in [-0.25, -0.2) is 0 Å². The van der Waals surface area contributed by atoms with E-state index in [2.05, 4.69) is 21.2 Å². The maximum Gasteiger partial charge on any atom is 0.317 e. The summed E-state index contributed by atoms with van der Waals surface area (Å²) < 4.78 is 0.991. The summed E-state index contributed by atoms with van der Waals surface area (Å²) in [5.74, 6) is -0.844. The van der Waals surface area contributed by atoms with Gasteiger partial charge in [0.05, 0.1) is 6.54 Å². The van der Waals surface area contributed by atoms with E-state index in [1.807, 2.05) is 31.2 Å². The van der Waals surface area contributed by atoms with Gasteiger partial charge in [0.25, 0.3) is 0 Å². The predicted octanol–water partition coefficient (Wildman–Crippen LogP) is 2.18. The van der Waals surface area contributed by atoms with E-state index in [0.29, 0.717) is 0 Å². The van der Waals surface area contributed by atoms with E-state index in [1.54, 1.807) is 0 Å². The topological polar surface area (TPSA) is 49.3 Å². The fraction of sp³-hybridized carbons (Fsp3) is 0.300. The average molecular weight is 258 g/mol. The summed E-state index contributed by atoms with van der Waals surface area (Å²) in [7, 11) is 0. The zero-order valence-electron chi connectivity index (χ0n) is 7.83. The third-order valence-electron chi connectivity index (χ3n) is 1.93. The van der Waals surface area contributed by atoms with E-state index >= 15 is 0 Å². The van der Waals surface area contributed by atoms with Gasteiger partial charge in [-0.15, -0.1) is 0 Å². The highest BCUT2D eigenvalue weighted by molar-refractivity contribution is 9.10. The second kappa shape index (κ2) is 5.12. The Balaban J connectivity index is 2.65. The monoisotopic (exact) mass is 257 g/mol. The highest BCUT2D eigenvalue weighted by Gasteiger charge is 2.08. The molecule has 0 aliphatic heterocycles. The van der Waals surface area contributed by atoms with Crippen LogP contribution in [0.25, 0.3) is 0 Å². The third-order valence-corrected chi connectivity index (χ3v) is 2.65. The van der Waals surface area contributed by atoms with Crippen LogP contribution in [0.4, 0.5) is 0 Å². The molecule has 1 aromatic rings. The first-order chi connectivity index (χ1) is 6.61. The summed E-state index contributed by atoms with van der Waals surface area (Å²) in [5.41, 5.74) is 1.06. The summed E-state index contributed by atoms with van der Waals surface area (Å²) >= 11 is 3.42. The fourth-order valence-electron chi connectivity index (χ4n) is 1.18. The van der Waals surface area contributed by atoms with Crippen molar-refractivity contribution in [3.8, 4) is 0 Å². The summed E-state index contributed by atoms with van der Waals surface area (Å²) in [6.07, 6.45) is 0. The highest BCUT2D eigenvalue weighted by atomic mass is 79.9. The standard InChI is InChI=1S/C10H12BrNO2/c1-7(12-6-10(13)14)8-4-2-3-5-9(8)11/h2-5,7,12H,6H2,1H3,(H,13,14). The minimum Gasteiger partial charge on any atom is -0.480 e. The van der Waals surface area contributed by atoms with Crippen LogP contribution in [0.2, 0.25) is 0 Å². The maximum atomic E-state index is 10.3. The van der Waals surface area contributed by atoms with E-state index in [0.717, 1.165) is 10.0 Å². The Labute approximate surface area is 91.3 Å². The fourth-order valence-corrected chi connectivity index (χ4v) is 1.80. The molecule has 1 aromatic carbocycles. The molecule has 1 unspecified atom stereocenters. The van der Waals surface area contributed by atoms with Gasteiger partial charge < -0.3 is 10.4 Å². The first-order valence-corrected chi connectivity index (χ1v) is 5.10. The van der Waals surface area contributed by atoms with E-state index in [-0.39, 0.29) is 12.6 Å². The van der Waals surface area contributed by atoms with Crippen molar-refractivity contribution in [2.24, 2.45) is 0 Å². The van der Waals surface area contributed by atoms with E-state index in [9.17, 15) is 4.79 Å². The number of carbonyl (C=O) groups is 1. The van der Waals surface area contributed by atoms with Crippen LogP contribution in [0, 0.1) is 0 Å². The third kappa shape index (κ3) is 3.12. The molecule has 0 fully saturated rings. The van der Waals surface area contributed by atoms with Crippen LogP contribution in [0.15, 0.2) is 28.7 Å². The number of carboxylic acids is 1. The van der Waals surface area contributed by atoms with Crippen molar-refractivity contribution in [1.29, 1.82) is 0 Å². The quantitative estimate of drug-likeness (QED) is 0.870. The molecule has 0 spiro atoms. The van der Waals surface area contributed by atoms with E-state index in [1.165, 1.54) is 0 Å². The van der Waals surface area contributed by atoms with Crippen LogP contribution in [0.5, 0.6) is 0 Å². The predicted molar refractivity (Wildman–Crippen MR) is 58.2 cm³/mol. The van der Waals surface area contributed by atoms with Gasteiger partial charge in [-0.3, -0.25) is 4.79 Å². The normalized spacial score (nSPS) is 12.4. The van der Waals surface area contributed by atoms with Crippen LogP contribution in [-0.4, -0.2) is 17.6 Å². The Morgan fingerprint density at radius 1 is 1.57 bits per heavy atom. The number of rotatable bonds is 4. The molecule has 0 amide bonds. The van der Waals surface area contributed by atoms with Gasteiger partial charge in [0.1, 0.15) is 0 Å². The highest BCUT2D eigenvalue weighted by Crippen LogP contribution is 2.22. The molecule has 0 radical (unpaired) electrons. The van der Waals surface area contributed by atoms with Crippen LogP contribution < -0.4 is 5.32 Å². The maximum absolute atomic E-state index is 10.3. The molecule has 0 saturated carbocycles. The Morgan fingerprint density at radius 3 is 2.79 bits per heavy atom. The molecule has 2 N–H and O–H groups in total. The first kappa shape index (κ1) is 11.2. The Bertz CT molecular complexity index is 328. The van der Waals surface area contributed by atoms with Crippen molar-refractivity contribution in [3.63, 3.8) is 0 Å². The summed E-state index contributed by atoms with van der Waals surface area (Å²) in [4.78, 5) is 10.3. The zero-order chi connectivity index (χ0) is 10.6. The van der Waals surface area contributed by atoms with Crippen molar-refractivity contribution >= 4 is 21.9 Å². The van der Waals surface area contributed by atoms with Gasteiger partial charge in [-0.2, -0.15) is 0 Å². The first-order valence-electron chi connectivity index (χ1n) is 4.31. The number of nitrogens with one attached hydrogen (secondary N) is 1. The minimum atomic E-state index is -0.844. The van der Waals surface area contributed by atoms with Crippen LogP contribution in [0.1, 0.15) is 18.5 Å². The molecule has 14 heavy (non-hydrogen) atoms. The lowest BCUT2D eigenvalue weighted by Crippen LogP contribution is -2.25. The molecule has 0 aromatic heterocycles. The lowest BCUT2D eigenvalue weighted by molar-refractivity contribution is -0.136. The number of benzene rings is 1. The van der Waals surface area contributed by atoms with Gasteiger partial charge in [-0.05, 0) is 18.6 Å². The van der Waals surface area contributed by atoms with E-state index < -0.39 is 5.97 Å². The zero-order valence-corrected chi connectivity index (χ0v) is 9.41. The molecular weight excluding hydrogens is 246 g/mol. The molecule has 0 saturated heterocycles. The molecule has 1 rings (SSSR count). The Hall–Kier alpha value is -0.870. The van der Waals surface area contributed by atoms with Crippen LogP contribution in [-0.2, 0) is 4.79 Å². The van der Waals surface area contributed by atoms with Crippen molar-refractivity contribution in [3.05, 3.63) is 34.3 Å². The summed E-state index contributed by atoms with van der Waals surface area (Å²) in [6.45, 7) is 1.91. The van der Waals surface area contributed by atoms with Gasteiger partial charge in [0.15, 0.2) is 0 Å². The van der Waals surface area contributed by atoms with Crippen molar-refractivity contribution in [2.75, 3.05) is 6.54 Å². The van der Waals surface area contributed by atoms with Crippen LogP contribution in [0.3, 0.4) is 0 Å². The molecule has 0 aliphatic carbocycles. The molecule has 0 bridgehead atoms. The van der Waals surface area contributed by atoms with Crippen LogP contribution >= 0.6 is 15.9 Å². The molecule has 3 nitrogen and oxygen atoms in total. The largest absolute Gasteiger partial charge is 0.480 e. The van der Waals surface area contributed by atoms with Gasteiger partial charge in [-0.1, -0.05) is 34.1 Å². The number of carboxylic acid groups (broad SMARTS) is 1. The number of aliphatic carboxylic acids is 1. The molecular formula is C10H12BrNO2. The van der Waals surface area contributed by atoms with Gasteiger partial charge >= 0.3 is 5.97 Å². The lowest BCUT2D eigenvalue weighted by Gasteiger charge is -2.13. The summed E-state index contributed by atoms with van der Waals surface area (Å²) in [6, 6.07) is 7.79. The van der Waals surface area contributed by atoms with Crippen molar-refractivity contribution < 1.29 is 9.90 Å². The summed E-state index contributed by atoms with van der Waals surface area (Å²) in [5, 5.41) is 11.4. The molecule has 0 aliphatic rings. The minimum absolute atomic E-state index is 0.0253. The SMILES string of the molecule is CC(NCC(=O)O)c1ccccc1Br. The average Bonchev–Trinajstić information content (AvgIpc) is 2.15. The lowest BCUT2D eigenvalue weighted by atomic mass is 10.1. The number of halogens is 1. The second-order valence-corrected chi connectivity index (χ2v) is 3.87. The van der Waals surface area contributed by atoms with Crippen molar-refractivity contribution in [1.82, 2.24) is 5.32 Å². The van der Waals surface area contributed by atoms with Crippen molar-refractivity contribution in [2.45, 2.75) is 13.0 Å². The van der Waals surface area contributed by atoms with Gasteiger partial charge in [0, 0.05) is 10.5 Å². The Morgan fingerprint density at radius 2 is 2.21 bits per heavy atom. The molecule has 0 heterocycles. The number of hydrogen-bond acceptors (Lipinski definition) is 2. The molecule has 1 atom stereocenters.